The molecule has 2 heterocycles. The second-order valence-electron chi connectivity index (χ2n) is 21.0. The Balaban J connectivity index is 0.913. The highest BCUT2D eigenvalue weighted by Gasteiger charge is 2.78. The summed E-state index contributed by atoms with van der Waals surface area (Å²) in [5.41, 5.74) is -4.58. The maximum atomic E-state index is 15.8. The summed E-state index contributed by atoms with van der Waals surface area (Å²) in [4.78, 5) is 55.9. The van der Waals surface area contributed by atoms with E-state index < -0.39 is 122 Å². The second-order valence-corrected chi connectivity index (χ2v) is 24.1. The fourth-order valence-electron chi connectivity index (χ4n) is 14.1. The molecule has 2 saturated heterocycles. The lowest BCUT2D eigenvalue weighted by Gasteiger charge is -2.52. The second kappa shape index (κ2) is 18.6. The van der Waals surface area contributed by atoms with Crippen molar-refractivity contribution in [3.63, 3.8) is 0 Å². The number of carbonyl (C=O) groups is 4. The van der Waals surface area contributed by atoms with E-state index in [0.29, 0.717) is 44.4 Å². The molecule has 0 N–H and O–H groups in total. The summed E-state index contributed by atoms with van der Waals surface area (Å²) in [5.74, 6) is -10.6. The number of halogens is 6. The Labute approximate surface area is 388 Å². The van der Waals surface area contributed by atoms with Crippen LogP contribution in [0.3, 0.4) is 0 Å². The van der Waals surface area contributed by atoms with Crippen molar-refractivity contribution < 1.29 is 59.6 Å². The maximum Gasteiger partial charge on any atom is 0.403 e. The molecule has 2 aromatic carbocycles. The van der Waals surface area contributed by atoms with Crippen LogP contribution < -0.4 is 10.6 Å². The van der Waals surface area contributed by atoms with E-state index in [0.717, 1.165) is 52.5 Å². The Morgan fingerprint density at radius 2 is 0.970 bits per heavy atom. The molecular weight excluding hydrogens is 898 g/mol. The molecule has 0 aromatic heterocycles. The van der Waals surface area contributed by atoms with E-state index in [1.54, 1.807) is 0 Å². The van der Waals surface area contributed by atoms with Gasteiger partial charge >= 0.3 is 12.4 Å². The topological polar surface area (TPSA) is 110 Å². The van der Waals surface area contributed by atoms with Crippen LogP contribution in [0.5, 0.6) is 0 Å². The number of carbonyl (C=O) groups excluding carboxylic acids is 4. The van der Waals surface area contributed by atoms with Gasteiger partial charge in [-0.1, -0.05) is 67.6 Å². The highest BCUT2D eigenvalue weighted by molar-refractivity contribution is 7.79. The van der Waals surface area contributed by atoms with E-state index in [1.807, 2.05) is 60.7 Å². The van der Waals surface area contributed by atoms with Gasteiger partial charge in [0.1, 0.15) is 7.14 Å². The number of rotatable bonds is 10. The first kappa shape index (κ1) is 48.5. The number of benzene rings is 2. The minimum Gasteiger partial charge on any atom is -0.375 e. The first-order chi connectivity index (χ1) is 31.8. The smallest absolute Gasteiger partial charge is 0.375 e. The van der Waals surface area contributed by atoms with Gasteiger partial charge in [0.05, 0.1) is 48.1 Å². The molecule has 9 nitrogen and oxygen atoms in total. The number of ether oxygens (including phenoxy) is 2. The normalized spacial score (nSPS) is 35.7. The van der Waals surface area contributed by atoms with Gasteiger partial charge in [0, 0.05) is 35.8 Å². The summed E-state index contributed by atoms with van der Waals surface area (Å²) < 4.78 is 122. The van der Waals surface area contributed by atoms with Crippen molar-refractivity contribution in [2.75, 3.05) is 7.05 Å². The van der Waals surface area contributed by atoms with E-state index in [4.69, 9.17) is 9.47 Å². The Kier molecular flexibility index (Phi) is 13.5. The number of alkyl halides is 6. The van der Waals surface area contributed by atoms with E-state index >= 15 is 30.9 Å². The molecule has 2 aromatic rings. The van der Waals surface area contributed by atoms with Crippen LogP contribution >= 0.6 is 7.14 Å². The molecule has 9 rings (SSSR count). The highest BCUT2D eigenvalue weighted by Crippen LogP contribution is 2.67. The minimum atomic E-state index is -5.78. The summed E-state index contributed by atoms with van der Waals surface area (Å²) >= 11 is 0. The average Bonchev–Trinajstić information content (AvgIpc) is 3.68. The Morgan fingerprint density at radius 3 is 1.51 bits per heavy atom. The summed E-state index contributed by atoms with van der Waals surface area (Å²) in [5, 5.41) is 1.50. The van der Waals surface area contributed by atoms with Gasteiger partial charge in [-0.25, -0.2) is 0 Å². The predicted molar refractivity (Wildman–Crippen MR) is 237 cm³/mol. The summed E-state index contributed by atoms with van der Waals surface area (Å²) in [6.07, 6.45) is -7.70. The van der Waals surface area contributed by atoms with Crippen LogP contribution in [0, 0.1) is 46.8 Å². The van der Waals surface area contributed by atoms with Crippen molar-refractivity contribution in [2.24, 2.45) is 46.8 Å². The van der Waals surface area contributed by atoms with E-state index in [1.165, 1.54) is 7.05 Å². The summed E-state index contributed by atoms with van der Waals surface area (Å²) in [6.45, 7) is 2.26. The number of amides is 4. The molecule has 16 heteroatoms. The Bertz CT molecular complexity index is 2140. The highest BCUT2D eigenvalue weighted by atomic mass is 31.2. The third kappa shape index (κ3) is 8.54. The van der Waals surface area contributed by atoms with Crippen molar-refractivity contribution in [1.29, 1.82) is 0 Å². The lowest BCUT2D eigenvalue weighted by molar-refractivity contribution is -0.383. The molecular formula is C51H63F6N2O7P. The molecule has 9 unspecified atom stereocenters. The predicted octanol–water partition coefficient (Wildman–Crippen LogP) is 9.76. The van der Waals surface area contributed by atoms with Gasteiger partial charge in [-0.2, -0.15) is 26.3 Å². The van der Waals surface area contributed by atoms with Crippen molar-refractivity contribution >= 4 is 41.4 Å². The zero-order chi connectivity index (χ0) is 47.6. The molecule has 366 valence electrons. The van der Waals surface area contributed by atoms with Crippen LogP contribution in [0.2, 0.25) is 0 Å². The van der Waals surface area contributed by atoms with E-state index in [2.05, 4.69) is 6.92 Å². The third-order valence-corrected chi connectivity index (χ3v) is 21.2. The first-order valence-electron chi connectivity index (χ1n) is 24.7. The minimum absolute atomic E-state index is 0.0810. The maximum absolute atomic E-state index is 15.8. The van der Waals surface area contributed by atoms with Gasteiger partial charge in [0.2, 0.25) is 23.6 Å². The molecule has 0 radical (unpaired) electrons. The zero-order valence-electron chi connectivity index (χ0n) is 38.3. The number of nitrogens with zero attached hydrogens (tertiary/aromatic N) is 2. The molecule has 9 atom stereocenters. The number of hydrogen-bond donors (Lipinski definition) is 0. The molecule has 5 saturated carbocycles. The largest absolute Gasteiger partial charge is 0.403 e. The fourth-order valence-corrected chi connectivity index (χ4v) is 17.5. The molecule has 5 aliphatic carbocycles. The molecule has 2 aliphatic heterocycles. The number of likely N-dealkylation sites (tertiary alicyclic amines) is 2. The molecule has 7 aliphatic rings. The lowest BCUT2D eigenvalue weighted by atomic mass is 9.54. The van der Waals surface area contributed by atoms with Crippen LogP contribution in [-0.4, -0.2) is 88.9 Å². The molecule has 7 fully saturated rings. The monoisotopic (exact) mass is 960 g/mol. The molecule has 0 spiro atoms. The van der Waals surface area contributed by atoms with Crippen molar-refractivity contribution in [2.45, 2.75) is 165 Å². The quantitative estimate of drug-likeness (QED) is 0.133. The molecule has 67 heavy (non-hydrogen) atoms. The Hall–Kier alpha value is -3.55. The van der Waals surface area contributed by atoms with E-state index in [9.17, 15) is 19.2 Å². The summed E-state index contributed by atoms with van der Waals surface area (Å²) in [6, 6.07) is 18.5. The summed E-state index contributed by atoms with van der Waals surface area (Å²) in [7, 11) is -2.08. The van der Waals surface area contributed by atoms with Crippen LogP contribution in [0.4, 0.5) is 26.3 Å². The van der Waals surface area contributed by atoms with Gasteiger partial charge in [0.25, 0.3) is 0 Å². The van der Waals surface area contributed by atoms with E-state index in [-0.39, 0.29) is 36.8 Å². The zero-order valence-corrected chi connectivity index (χ0v) is 39.2. The van der Waals surface area contributed by atoms with Crippen molar-refractivity contribution in [3.05, 3.63) is 60.7 Å². The van der Waals surface area contributed by atoms with Crippen LogP contribution in [0.15, 0.2) is 60.7 Å². The SMILES string of the molecule is CC1CCC(OC2CCC(P(=O)(c3ccccc3)c3ccccc3)C(OC3CCC(N4C(=O)C5CCC(C(C6CCC7C(=O)N(C)C(=O)C7C6)(C(F)(F)F)C(F)(F)F)CC5C4=O)CC3)C2)CC1. The molecule has 4 amide bonds. The van der Waals surface area contributed by atoms with Crippen LogP contribution in [-0.2, 0) is 33.2 Å². The van der Waals surface area contributed by atoms with Crippen LogP contribution in [0.1, 0.15) is 116 Å². The van der Waals surface area contributed by atoms with Gasteiger partial charge in [-0.15, -0.1) is 0 Å². The fraction of sp³-hybridized carbons (Fsp3) is 0.686. The van der Waals surface area contributed by atoms with Gasteiger partial charge in [-0.05, 0) is 120 Å². The van der Waals surface area contributed by atoms with Crippen molar-refractivity contribution in [1.82, 2.24) is 9.80 Å². The first-order valence-corrected chi connectivity index (χ1v) is 26.5. The van der Waals surface area contributed by atoms with Crippen molar-refractivity contribution in [3.8, 4) is 0 Å². The third-order valence-electron chi connectivity index (χ3n) is 17.5. The lowest BCUT2D eigenvalue weighted by Crippen LogP contribution is -2.61. The van der Waals surface area contributed by atoms with Gasteiger partial charge in [0.15, 0.2) is 5.41 Å². The number of hydrogen-bond acceptors (Lipinski definition) is 7. The number of fused-ring (bicyclic) bond motifs is 2. The van der Waals surface area contributed by atoms with Crippen LogP contribution in [0.25, 0.3) is 0 Å². The van der Waals surface area contributed by atoms with Gasteiger partial charge < -0.3 is 14.0 Å². The molecule has 0 bridgehead atoms. The standard InChI is InChI=1S/C51H63F6N2O7P/c1-30-13-19-34(20-14-30)65-36-23-26-44(67(64,37-9-5-3-6-10-37)38-11-7-4-8-12-38)43(29-36)66-35-21-17-33(18-22-35)59-47(62)40-25-16-32(28-42(40)48(59)63)49(50(52,53)54,51(55,56)57)31-15-24-39-41(27-31)46(61)58(2)45(39)60/h3-12,30-36,39-44H,13-29H2,1-2H3. The average molecular weight is 961 g/mol. The number of imide groups is 2. The van der Waals surface area contributed by atoms with Gasteiger partial charge in [-0.3, -0.25) is 29.0 Å². The Morgan fingerprint density at radius 1 is 0.522 bits per heavy atom.